The Balaban J connectivity index is 0.00000220. The maximum absolute atomic E-state index is 12.3. The van der Waals surface area contributed by atoms with Crippen LogP contribution in [0.4, 0.5) is 5.69 Å². The minimum absolute atomic E-state index is 0. The molecule has 0 unspecified atom stereocenters. The van der Waals surface area contributed by atoms with Gasteiger partial charge in [-0.2, -0.15) is 0 Å². The van der Waals surface area contributed by atoms with Gasteiger partial charge in [0.2, 0.25) is 10.0 Å². The first-order valence-corrected chi connectivity index (χ1v) is 7.86. The predicted octanol–water partition coefficient (Wildman–Crippen LogP) is 1.36. The Kier molecular flexibility index (Phi) is 6.09. The van der Waals surface area contributed by atoms with Crippen molar-refractivity contribution < 1.29 is 13.3 Å². The van der Waals surface area contributed by atoms with Crippen LogP contribution in [0, 0.1) is 17.0 Å². The first-order valence-electron chi connectivity index (χ1n) is 6.38. The Labute approximate surface area is 129 Å². The molecule has 1 aromatic rings. The van der Waals surface area contributed by atoms with Gasteiger partial charge >= 0.3 is 0 Å². The summed E-state index contributed by atoms with van der Waals surface area (Å²) in [6.45, 7) is 3.06. The maximum atomic E-state index is 12.3. The number of rotatable bonds is 4. The molecule has 9 heteroatoms. The fraction of sp³-hybridized carbons (Fsp3) is 0.500. The van der Waals surface area contributed by atoms with Crippen molar-refractivity contribution in [3.8, 4) is 0 Å². The number of sulfonamides is 1. The van der Waals surface area contributed by atoms with Gasteiger partial charge in [0.25, 0.3) is 5.69 Å². The summed E-state index contributed by atoms with van der Waals surface area (Å²) in [7, 11) is -3.65. The summed E-state index contributed by atoms with van der Waals surface area (Å²) in [4.78, 5) is 10.2. The quantitative estimate of drug-likeness (QED) is 0.639. The number of nitro benzene ring substituents is 1. The van der Waals surface area contributed by atoms with Crippen molar-refractivity contribution in [1.29, 1.82) is 0 Å². The molecule has 1 atom stereocenters. The van der Waals surface area contributed by atoms with Crippen molar-refractivity contribution in [2.45, 2.75) is 30.7 Å². The molecule has 0 aromatic heterocycles. The van der Waals surface area contributed by atoms with Crippen molar-refractivity contribution in [3.63, 3.8) is 0 Å². The van der Waals surface area contributed by atoms with E-state index in [0.717, 1.165) is 19.4 Å². The van der Waals surface area contributed by atoms with E-state index >= 15 is 0 Å². The van der Waals surface area contributed by atoms with Gasteiger partial charge < -0.3 is 5.32 Å². The molecule has 118 valence electrons. The second kappa shape index (κ2) is 7.17. The topological polar surface area (TPSA) is 101 Å². The van der Waals surface area contributed by atoms with Gasteiger partial charge in [-0.3, -0.25) is 10.1 Å². The van der Waals surface area contributed by atoms with Gasteiger partial charge in [0, 0.05) is 24.7 Å². The molecule has 1 saturated heterocycles. The largest absolute Gasteiger partial charge is 0.315 e. The van der Waals surface area contributed by atoms with Crippen LogP contribution in [0.15, 0.2) is 23.1 Å². The molecule has 0 bridgehead atoms. The Bertz CT molecular complexity index is 615. The molecule has 0 radical (unpaired) electrons. The smallest absolute Gasteiger partial charge is 0.269 e. The lowest BCUT2D eigenvalue weighted by Crippen LogP contribution is -2.45. The highest BCUT2D eigenvalue weighted by atomic mass is 35.5. The van der Waals surface area contributed by atoms with Crippen LogP contribution in [0.25, 0.3) is 0 Å². The molecule has 7 nitrogen and oxygen atoms in total. The predicted molar refractivity (Wildman–Crippen MR) is 81.3 cm³/mol. The lowest BCUT2D eigenvalue weighted by atomic mass is 10.1. The third-order valence-corrected chi connectivity index (χ3v) is 4.96. The van der Waals surface area contributed by atoms with Crippen LogP contribution in [0.3, 0.4) is 0 Å². The molecule has 0 saturated carbocycles. The standard InChI is InChI=1S/C12H17N3O4S.ClH/c1-9-7-11(15(16)17)4-5-12(9)20(18,19)14-10-3-2-6-13-8-10;/h4-5,7,10,13-14H,2-3,6,8H2,1H3;1H/t10-;/m1./s1. The summed E-state index contributed by atoms with van der Waals surface area (Å²) >= 11 is 0. The van der Waals surface area contributed by atoms with Gasteiger partial charge in [0.1, 0.15) is 0 Å². The van der Waals surface area contributed by atoms with E-state index in [2.05, 4.69) is 10.0 Å². The molecule has 0 amide bonds. The fourth-order valence-electron chi connectivity index (χ4n) is 2.28. The minimum Gasteiger partial charge on any atom is -0.315 e. The molecule has 21 heavy (non-hydrogen) atoms. The summed E-state index contributed by atoms with van der Waals surface area (Å²) in [6.07, 6.45) is 1.71. The van der Waals surface area contributed by atoms with Crippen LogP contribution in [0.2, 0.25) is 0 Å². The van der Waals surface area contributed by atoms with E-state index in [9.17, 15) is 18.5 Å². The van der Waals surface area contributed by atoms with Gasteiger partial charge in [-0.15, -0.1) is 12.4 Å². The first-order chi connectivity index (χ1) is 9.40. The number of aryl methyl sites for hydroxylation is 1. The summed E-state index contributed by atoms with van der Waals surface area (Å²) in [6, 6.07) is 3.63. The zero-order valence-corrected chi connectivity index (χ0v) is 13.2. The molecular formula is C12H18ClN3O4S. The van der Waals surface area contributed by atoms with Gasteiger partial charge in [0.15, 0.2) is 0 Å². The number of nitro groups is 1. The number of non-ortho nitro benzene ring substituents is 1. The van der Waals surface area contributed by atoms with Crippen LogP contribution in [0.1, 0.15) is 18.4 Å². The van der Waals surface area contributed by atoms with E-state index in [-0.39, 0.29) is 29.0 Å². The molecule has 0 aliphatic carbocycles. The van der Waals surface area contributed by atoms with E-state index in [1.54, 1.807) is 6.92 Å². The summed E-state index contributed by atoms with van der Waals surface area (Å²) in [5.41, 5.74) is 0.260. The summed E-state index contributed by atoms with van der Waals surface area (Å²) in [5.74, 6) is 0. The van der Waals surface area contributed by atoms with Crippen molar-refractivity contribution in [1.82, 2.24) is 10.0 Å². The zero-order chi connectivity index (χ0) is 14.8. The molecule has 1 aromatic carbocycles. The van der Waals surface area contributed by atoms with E-state index in [1.165, 1.54) is 18.2 Å². The lowest BCUT2D eigenvalue weighted by Gasteiger charge is -2.23. The van der Waals surface area contributed by atoms with Crippen LogP contribution < -0.4 is 10.0 Å². The normalized spacial score (nSPS) is 18.8. The lowest BCUT2D eigenvalue weighted by molar-refractivity contribution is -0.385. The van der Waals surface area contributed by atoms with Crippen LogP contribution in [0.5, 0.6) is 0 Å². The Hall–Kier alpha value is -1.22. The number of hydrogen-bond acceptors (Lipinski definition) is 5. The fourth-order valence-corrected chi connectivity index (χ4v) is 3.78. The first kappa shape index (κ1) is 17.8. The van der Waals surface area contributed by atoms with Gasteiger partial charge in [-0.1, -0.05) is 0 Å². The Morgan fingerprint density at radius 2 is 2.14 bits per heavy atom. The second-order valence-electron chi connectivity index (χ2n) is 4.87. The molecule has 2 rings (SSSR count). The van der Waals surface area contributed by atoms with Crippen molar-refractivity contribution in [3.05, 3.63) is 33.9 Å². The zero-order valence-electron chi connectivity index (χ0n) is 11.5. The third kappa shape index (κ3) is 4.37. The third-order valence-electron chi connectivity index (χ3n) is 3.28. The van der Waals surface area contributed by atoms with Crippen molar-refractivity contribution >= 4 is 28.1 Å². The highest BCUT2D eigenvalue weighted by molar-refractivity contribution is 7.89. The minimum atomic E-state index is -3.65. The molecule has 1 heterocycles. The van der Waals surface area contributed by atoms with Crippen LogP contribution in [-0.4, -0.2) is 32.5 Å². The average molecular weight is 336 g/mol. The molecular weight excluding hydrogens is 318 g/mol. The van der Waals surface area contributed by atoms with E-state index in [0.29, 0.717) is 12.1 Å². The molecule has 1 aliphatic rings. The molecule has 0 spiro atoms. The average Bonchev–Trinajstić information content (AvgIpc) is 2.38. The van der Waals surface area contributed by atoms with Gasteiger partial charge in [-0.05, 0) is 37.9 Å². The number of nitrogens with one attached hydrogen (secondary N) is 2. The SMILES string of the molecule is Cc1cc([N+](=O)[O-])ccc1S(=O)(=O)N[C@@H]1CCCNC1.Cl. The summed E-state index contributed by atoms with van der Waals surface area (Å²) in [5, 5.41) is 13.8. The number of benzene rings is 1. The monoisotopic (exact) mass is 335 g/mol. The number of hydrogen-bond donors (Lipinski definition) is 2. The molecule has 2 N–H and O–H groups in total. The van der Waals surface area contributed by atoms with Gasteiger partial charge in [-0.25, -0.2) is 13.1 Å². The summed E-state index contributed by atoms with van der Waals surface area (Å²) < 4.78 is 27.2. The van der Waals surface area contributed by atoms with Crippen molar-refractivity contribution in [2.24, 2.45) is 0 Å². The van der Waals surface area contributed by atoms with Crippen LogP contribution >= 0.6 is 12.4 Å². The van der Waals surface area contributed by atoms with E-state index in [1.807, 2.05) is 0 Å². The van der Waals surface area contributed by atoms with E-state index in [4.69, 9.17) is 0 Å². The van der Waals surface area contributed by atoms with Gasteiger partial charge in [0.05, 0.1) is 9.82 Å². The molecule has 1 aliphatic heterocycles. The van der Waals surface area contributed by atoms with Crippen LogP contribution in [-0.2, 0) is 10.0 Å². The number of piperidine rings is 1. The highest BCUT2D eigenvalue weighted by Crippen LogP contribution is 2.21. The van der Waals surface area contributed by atoms with Crippen molar-refractivity contribution in [2.75, 3.05) is 13.1 Å². The maximum Gasteiger partial charge on any atom is 0.269 e. The Morgan fingerprint density at radius 1 is 1.43 bits per heavy atom. The number of halogens is 1. The Morgan fingerprint density at radius 3 is 2.67 bits per heavy atom. The highest BCUT2D eigenvalue weighted by Gasteiger charge is 2.24. The molecule has 1 fully saturated rings. The second-order valence-corrected chi connectivity index (χ2v) is 6.55. The number of nitrogens with zero attached hydrogens (tertiary/aromatic N) is 1. The van der Waals surface area contributed by atoms with E-state index < -0.39 is 14.9 Å².